The summed E-state index contributed by atoms with van der Waals surface area (Å²) in [6.07, 6.45) is 11.1. The van der Waals surface area contributed by atoms with E-state index in [1.165, 1.54) is 0 Å². The van der Waals surface area contributed by atoms with Gasteiger partial charge in [-0.05, 0) is 0 Å². The van der Waals surface area contributed by atoms with Gasteiger partial charge < -0.3 is 63.8 Å². The normalized spacial score (nSPS) is 16.0. The summed E-state index contributed by atoms with van der Waals surface area (Å²) in [5, 5.41) is 54.8. The molecule has 12 nitrogen and oxygen atoms in total. The second-order valence-corrected chi connectivity index (χ2v) is 23.5. The zero-order valence-electron chi connectivity index (χ0n) is 59.8. The van der Waals surface area contributed by atoms with Gasteiger partial charge >= 0.3 is 102 Å². The predicted octanol–water partition coefficient (Wildman–Crippen LogP) is 21.5. The van der Waals surface area contributed by atoms with Crippen molar-refractivity contribution in [2.24, 2.45) is 0 Å². The first-order valence-corrected chi connectivity index (χ1v) is 31.4. The summed E-state index contributed by atoms with van der Waals surface area (Å²) in [4.78, 5) is 0. The van der Waals surface area contributed by atoms with Crippen molar-refractivity contribution in [3.8, 4) is 0 Å². The molecule has 0 rings (SSSR count). The van der Waals surface area contributed by atoms with E-state index in [4.69, 9.17) is 21.3 Å². The Morgan fingerprint density at radius 2 is 0.622 bits per heavy atom. The van der Waals surface area contributed by atoms with Crippen LogP contribution >= 0.6 is 0 Å². The molecular formula is C64H140Mn6N12. The van der Waals surface area contributed by atoms with Crippen LogP contribution in [-0.4, -0.2) is 148 Å². The molecule has 0 heterocycles. The van der Waals surface area contributed by atoms with E-state index in [0.29, 0.717) is 96.7 Å². The molecule has 0 bridgehead atoms. The number of likely N-dealkylation sites (N-methyl/N-ethyl adjacent to an activating group) is 4. The zero-order valence-corrected chi connectivity index (χ0v) is 66.9. The minimum Gasteiger partial charge on any atom is -0.664 e. The van der Waals surface area contributed by atoms with E-state index in [0.717, 1.165) is 90.4 Å². The van der Waals surface area contributed by atoms with Crippen LogP contribution in [0.3, 0.4) is 0 Å². The van der Waals surface area contributed by atoms with Gasteiger partial charge in [-0.15, -0.1) is 48.3 Å². The van der Waals surface area contributed by atoms with E-state index in [1.54, 1.807) is 0 Å². The van der Waals surface area contributed by atoms with Gasteiger partial charge in [0.05, 0.1) is 0 Å². The molecule has 0 aromatic carbocycles. The van der Waals surface area contributed by atoms with Crippen LogP contribution in [-0.2, 0) is 102 Å². The van der Waals surface area contributed by atoms with Gasteiger partial charge in [0.1, 0.15) is 0 Å². The molecule has 14 unspecified atom stereocenters. The van der Waals surface area contributed by atoms with E-state index in [2.05, 4.69) is 250 Å². The minimum absolute atomic E-state index is 0. The Hall–Kier alpha value is 2.64. The number of hydrogen-bond donors (Lipinski definition) is 0. The molecule has 0 aromatic rings. The van der Waals surface area contributed by atoms with Crippen molar-refractivity contribution in [1.82, 2.24) is 0 Å². The molecule has 18 heteroatoms. The van der Waals surface area contributed by atoms with Gasteiger partial charge in [0.15, 0.2) is 0 Å². The third-order valence-electron chi connectivity index (χ3n) is 13.0. The Labute approximate surface area is 581 Å². The van der Waals surface area contributed by atoms with Crippen molar-refractivity contribution in [2.45, 2.75) is 380 Å². The molecule has 82 heavy (non-hydrogen) atoms. The molecule has 0 aromatic heterocycles. The molecule has 0 aliphatic heterocycles. The molecule has 0 saturated carbocycles. The summed E-state index contributed by atoms with van der Waals surface area (Å²) in [6, 6.07) is 6.55. The van der Waals surface area contributed by atoms with Gasteiger partial charge in [-0.2, -0.15) is 99.7 Å². The van der Waals surface area contributed by atoms with Crippen LogP contribution in [0.4, 0.5) is 0 Å². The SMILES string of the molecule is CCC(C)[N-]C(C)C(CC)[N-]C(C)CC.CCC([N-]C(C)(C)C)C(C)[N-]C(C)(C)C.CCC([N-]C(C)C)C(C)[N-]C(C)C.CCC([N-]C)C(C)[N-]C.CCC[N-]C(C)C(CC)[N-]CCC.CC[N-]C(C)C(CC)[N-]CC.[Mn+2].[Mn+2].[Mn+2].[Mn+2].[Mn+2].[Mn+2]. The Kier molecular flexibility index (Phi) is 99.5. The van der Waals surface area contributed by atoms with Crippen molar-refractivity contribution < 1.29 is 102 Å². The Morgan fingerprint density at radius 3 is 0.927 bits per heavy atom. The molecule has 0 amide bonds. The van der Waals surface area contributed by atoms with Gasteiger partial charge in [0.25, 0.3) is 0 Å². The van der Waals surface area contributed by atoms with E-state index in [-0.39, 0.29) is 113 Å². The zero-order chi connectivity index (χ0) is 60.6. The van der Waals surface area contributed by atoms with Gasteiger partial charge in [-0.3, -0.25) is 0 Å². The van der Waals surface area contributed by atoms with Crippen molar-refractivity contribution in [1.29, 1.82) is 0 Å². The summed E-state index contributed by atoms with van der Waals surface area (Å²) in [7, 11) is 3.70. The van der Waals surface area contributed by atoms with Gasteiger partial charge in [-0.1, -0.05) is 272 Å². The van der Waals surface area contributed by atoms with Crippen molar-refractivity contribution in [2.75, 3.05) is 40.3 Å². The topological polar surface area (TPSA) is 169 Å². The summed E-state index contributed by atoms with van der Waals surface area (Å²) in [6.45, 7) is 68.5. The van der Waals surface area contributed by atoms with E-state index in [9.17, 15) is 0 Å². The second kappa shape index (κ2) is 72.7. The third-order valence-corrected chi connectivity index (χ3v) is 13.0. The minimum atomic E-state index is 0. The molecule has 498 valence electrons. The van der Waals surface area contributed by atoms with Crippen molar-refractivity contribution in [3.05, 3.63) is 63.8 Å². The Balaban J connectivity index is -0.0000000711. The summed E-state index contributed by atoms with van der Waals surface area (Å²) in [5.74, 6) is 0. The molecule has 0 N–H and O–H groups in total. The first-order chi connectivity index (χ1) is 35.3. The van der Waals surface area contributed by atoms with Crippen molar-refractivity contribution >= 4 is 0 Å². The third kappa shape index (κ3) is 73.4. The molecule has 14 atom stereocenters. The number of nitrogens with zero attached hydrogens (tertiary/aromatic N) is 12. The standard InChI is InChI=1S/2C13H28N2.2C11H24N2.C9H20N2.C7H16N2.6Mn/c1-9-11(15-13(6,7)8)10(2)14-12(3,4)5;1-7-10(4)14-12(6)13(9-3)15-11(5)8-2;1-7-11(13-9(4)5)10(6)12-8(2)3;1-5-8-12-10(4)11(7-3)13-9-6-2;1-5-9(11-7-3)8(4)10-6-2;1-5-7(9-4)6(2)8-3;;;;;;/h10-11H,9H2,1-8H3;10-13H,7-9H2,1-6H3;8-11H,7H2,1-6H3;10-11H,5-9H2,1-4H3;8-9H,5-7H2,1-4H3;6-7H,5H2,1-4H3;;;;;;/q6*-2;6*+2. The number of rotatable bonds is 36. The van der Waals surface area contributed by atoms with Crippen LogP contribution in [0.2, 0.25) is 0 Å². The fourth-order valence-corrected chi connectivity index (χ4v) is 8.42. The van der Waals surface area contributed by atoms with E-state index >= 15 is 0 Å². The maximum Gasteiger partial charge on any atom is 2.00 e. The van der Waals surface area contributed by atoms with Crippen LogP contribution in [0.15, 0.2) is 0 Å². The fourth-order valence-electron chi connectivity index (χ4n) is 8.42. The Bertz CT molecular complexity index is 1160. The summed E-state index contributed by atoms with van der Waals surface area (Å²) >= 11 is 0. The molecule has 0 aliphatic rings. The van der Waals surface area contributed by atoms with Gasteiger partial charge in [-0.25, -0.2) is 0 Å². The Morgan fingerprint density at radius 1 is 0.280 bits per heavy atom. The van der Waals surface area contributed by atoms with E-state index in [1.807, 2.05) is 14.1 Å². The van der Waals surface area contributed by atoms with Crippen LogP contribution < -0.4 is 0 Å². The van der Waals surface area contributed by atoms with Crippen LogP contribution in [0.5, 0.6) is 0 Å². The maximum absolute atomic E-state index is 4.82. The van der Waals surface area contributed by atoms with Gasteiger partial charge in [0, 0.05) is 0 Å². The number of hydrogen-bond acceptors (Lipinski definition) is 0. The molecule has 0 aliphatic carbocycles. The first kappa shape index (κ1) is 112. The average Bonchev–Trinajstić information content (AvgIpc) is 3.35. The van der Waals surface area contributed by atoms with Gasteiger partial charge in [0.2, 0.25) is 0 Å². The second-order valence-electron chi connectivity index (χ2n) is 23.5. The average molecular weight is 1410 g/mol. The first-order valence-electron chi connectivity index (χ1n) is 31.4. The molecular weight excluding hydrogens is 1270 g/mol. The van der Waals surface area contributed by atoms with Crippen LogP contribution in [0.25, 0.3) is 63.8 Å². The quantitative estimate of drug-likeness (QED) is 0.0545. The smallest absolute Gasteiger partial charge is 0.664 e. The monoisotopic (exact) mass is 1410 g/mol. The van der Waals surface area contributed by atoms with E-state index < -0.39 is 0 Å². The van der Waals surface area contributed by atoms with Crippen LogP contribution in [0, 0.1) is 0 Å². The maximum atomic E-state index is 4.82. The van der Waals surface area contributed by atoms with Crippen LogP contribution in [0.1, 0.15) is 272 Å². The molecule has 0 fully saturated rings. The van der Waals surface area contributed by atoms with Crippen molar-refractivity contribution in [3.63, 3.8) is 0 Å². The fraction of sp³-hybridized carbons (Fsp3) is 1.00. The summed E-state index contributed by atoms with van der Waals surface area (Å²) in [5.41, 5.74) is 0.0859. The largest absolute Gasteiger partial charge is 2.00 e. The molecule has 6 radical (unpaired) electrons. The summed E-state index contributed by atoms with van der Waals surface area (Å²) < 4.78 is 0. The molecule has 0 saturated heterocycles. The molecule has 0 spiro atoms. The predicted molar refractivity (Wildman–Crippen MR) is 354 cm³/mol.